The first-order valence-electron chi connectivity index (χ1n) is 13.1. The molecule has 3 aromatic carbocycles. The Bertz CT molecular complexity index is 1920. The molecule has 1 unspecified atom stereocenters. The molecule has 41 heavy (non-hydrogen) atoms. The number of hydrogen-bond acceptors (Lipinski definition) is 6. The molecule has 7 nitrogen and oxygen atoms in total. The highest BCUT2D eigenvalue weighted by atomic mass is 35.5. The van der Waals surface area contributed by atoms with Crippen LogP contribution in [0, 0.1) is 6.92 Å². The summed E-state index contributed by atoms with van der Waals surface area (Å²) in [5.41, 5.74) is 4.97. The summed E-state index contributed by atoms with van der Waals surface area (Å²) in [6.07, 6.45) is 2.40. The molecule has 206 valence electrons. The van der Waals surface area contributed by atoms with E-state index in [0.717, 1.165) is 48.4 Å². The maximum absolute atomic E-state index is 12.6. The zero-order valence-corrected chi connectivity index (χ0v) is 24.5. The van der Waals surface area contributed by atoms with E-state index in [-0.39, 0.29) is 0 Å². The van der Waals surface area contributed by atoms with Gasteiger partial charge in [0.05, 0.1) is 27.5 Å². The molecule has 1 N–H and O–H groups in total. The lowest BCUT2D eigenvalue weighted by atomic mass is 9.91. The molecule has 0 spiro atoms. The second-order valence-corrected chi connectivity index (χ2v) is 12.3. The number of aryl methyl sites for hydroxylation is 1. The van der Waals surface area contributed by atoms with Crippen LogP contribution in [0.1, 0.15) is 38.0 Å². The van der Waals surface area contributed by atoms with Gasteiger partial charge in [0.1, 0.15) is 5.01 Å². The number of halogens is 1. The van der Waals surface area contributed by atoms with Crippen LogP contribution in [0.15, 0.2) is 79.1 Å². The van der Waals surface area contributed by atoms with Crippen molar-refractivity contribution in [3.8, 4) is 27.5 Å². The summed E-state index contributed by atoms with van der Waals surface area (Å²) in [6.45, 7) is 7.47. The van der Waals surface area contributed by atoms with Gasteiger partial charge in [-0.25, -0.2) is 19.4 Å². The minimum Gasteiger partial charge on any atom is -0.479 e. The van der Waals surface area contributed by atoms with Gasteiger partial charge in [0, 0.05) is 33.3 Å². The van der Waals surface area contributed by atoms with Gasteiger partial charge in [0.15, 0.2) is 11.9 Å². The van der Waals surface area contributed by atoms with Crippen LogP contribution < -0.4 is 0 Å². The Morgan fingerprint density at radius 2 is 1.80 bits per heavy atom. The Balaban J connectivity index is 1.55. The highest BCUT2D eigenvalue weighted by Gasteiger charge is 2.32. The van der Waals surface area contributed by atoms with Crippen molar-refractivity contribution in [2.24, 2.45) is 0 Å². The summed E-state index contributed by atoms with van der Waals surface area (Å²) in [7, 11) is 0. The molecule has 0 saturated heterocycles. The predicted octanol–water partition coefficient (Wildman–Crippen LogP) is 8.27. The Labute approximate surface area is 246 Å². The maximum atomic E-state index is 12.6. The van der Waals surface area contributed by atoms with Crippen LogP contribution in [0.4, 0.5) is 0 Å². The monoisotopic (exact) mass is 582 g/mol. The SMILES string of the molecule is Cc1cc2nc(-c3ccnc(-n4ncc5ccccc54)c3)sc2c(-c2ccc(Cl)cc2)c1C(OC(C)(C)C)C(=O)O. The van der Waals surface area contributed by atoms with Crippen LogP contribution in [-0.4, -0.2) is 36.4 Å². The quantitative estimate of drug-likeness (QED) is 0.212. The number of benzene rings is 3. The van der Waals surface area contributed by atoms with Crippen LogP contribution in [0.5, 0.6) is 0 Å². The molecule has 3 heterocycles. The fraction of sp³-hybridized carbons (Fsp3) is 0.188. The van der Waals surface area contributed by atoms with Crippen molar-refractivity contribution in [2.45, 2.75) is 39.4 Å². The number of ether oxygens (including phenoxy) is 1. The van der Waals surface area contributed by atoms with Crippen molar-refractivity contribution < 1.29 is 14.6 Å². The van der Waals surface area contributed by atoms with Crippen LogP contribution in [0.25, 0.3) is 48.6 Å². The van der Waals surface area contributed by atoms with E-state index in [1.165, 1.54) is 11.3 Å². The van der Waals surface area contributed by atoms with Crippen LogP contribution >= 0.6 is 22.9 Å². The number of fused-ring (bicyclic) bond motifs is 2. The summed E-state index contributed by atoms with van der Waals surface area (Å²) in [5.74, 6) is -0.366. The van der Waals surface area contributed by atoms with E-state index in [9.17, 15) is 9.90 Å². The van der Waals surface area contributed by atoms with Crippen molar-refractivity contribution in [3.05, 3.63) is 95.3 Å². The molecule has 0 aliphatic heterocycles. The Kier molecular flexibility index (Phi) is 6.85. The Hall–Kier alpha value is -4.11. The molecule has 6 rings (SSSR count). The molecule has 0 radical (unpaired) electrons. The molecule has 0 saturated carbocycles. The average molecular weight is 583 g/mol. The van der Waals surface area contributed by atoms with Gasteiger partial charge in [-0.1, -0.05) is 41.9 Å². The number of pyridine rings is 1. The zero-order chi connectivity index (χ0) is 28.9. The molecular formula is C32H27ClN4O3S. The Morgan fingerprint density at radius 1 is 1.05 bits per heavy atom. The standard InChI is InChI=1S/C32H27ClN4O3S/c1-18-15-23-29(27(19-9-11-22(33)12-10-19)26(18)28(31(38)39)40-32(2,3)4)41-30(36-23)20-13-14-34-25(16-20)37-24-8-6-5-7-21(24)17-35-37/h5-17,28H,1-4H3,(H,38,39). The Morgan fingerprint density at radius 3 is 2.54 bits per heavy atom. The van der Waals surface area contributed by atoms with Gasteiger partial charge >= 0.3 is 5.97 Å². The first kappa shape index (κ1) is 27.1. The number of carbonyl (C=O) groups is 1. The van der Waals surface area contributed by atoms with E-state index < -0.39 is 17.7 Å². The summed E-state index contributed by atoms with van der Waals surface area (Å²) in [5, 5.41) is 17.3. The minimum absolute atomic E-state index is 0.598. The second kappa shape index (κ2) is 10.4. The first-order valence-corrected chi connectivity index (χ1v) is 14.3. The van der Waals surface area contributed by atoms with Gasteiger partial charge < -0.3 is 9.84 Å². The van der Waals surface area contributed by atoms with E-state index >= 15 is 0 Å². The molecular weight excluding hydrogens is 556 g/mol. The number of rotatable bonds is 6. The van der Waals surface area contributed by atoms with Crippen molar-refractivity contribution in [1.29, 1.82) is 0 Å². The number of hydrogen-bond donors (Lipinski definition) is 1. The van der Waals surface area contributed by atoms with E-state index in [2.05, 4.69) is 10.1 Å². The molecule has 0 amide bonds. The van der Waals surface area contributed by atoms with Crippen molar-refractivity contribution >= 4 is 50.0 Å². The summed E-state index contributed by atoms with van der Waals surface area (Å²) in [4.78, 5) is 22.2. The molecule has 0 bridgehead atoms. The number of thiazole rings is 1. The lowest BCUT2D eigenvalue weighted by Gasteiger charge is -2.28. The van der Waals surface area contributed by atoms with Crippen molar-refractivity contribution in [1.82, 2.24) is 19.7 Å². The van der Waals surface area contributed by atoms with Gasteiger partial charge in [-0.2, -0.15) is 5.10 Å². The first-order chi connectivity index (χ1) is 19.6. The van der Waals surface area contributed by atoms with Crippen molar-refractivity contribution in [2.75, 3.05) is 0 Å². The number of para-hydroxylation sites is 1. The van der Waals surface area contributed by atoms with Gasteiger partial charge in [0.2, 0.25) is 0 Å². The fourth-order valence-corrected chi connectivity index (χ4v) is 6.23. The highest BCUT2D eigenvalue weighted by Crippen LogP contribution is 2.44. The van der Waals surface area contributed by atoms with E-state index in [4.69, 9.17) is 21.3 Å². The third kappa shape index (κ3) is 5.22. The molecule has 3 aromatic heterocycles. The highest BCUT2D eigenvalue weighted by molar-refractivity contribution is 7.22. The molecule has 1 atom stereocenters. The normalized spacial score (nSPS) is 12.7. The van der Waals surface area contributed by atoms with E-state index in [1.54, 1.807) is 18.3 Å². The van der Waals surface area contributed by atoms with Crippen LogP contribution in [-0.2, 0) is 9.53 Å². The largest absolute Gasteiger partial charge is 0.479 e. The number of aromatic nitrogens is 4. The molecule has 0 aliphatic rings. The maximum Gasteiger partial charge on any atom is 0.337 e. The summed E-state index contributed by atoms with van der Waals surface area (Å²) < 4.78 is 8.81. The topological polar surface area (TPSA) is 90.1 Å². The molecule has 6 aromatic rings. The lowest BCUT2D eigenvalue weighted by molar-refractivity contribution is -0.160. The predicted molar refractivity (Wildman–Crippen MR) is 164 cm³/mol. The number of carboxylic acid groups (broad SMARTS) is 1. The summed E-state index contributed by atoms with van der Waals surface area (Å²) in [6, 6.07) is 21.2. The van der Waals surface area contributed by atoms with Gasteiger partial charge in [-0.05, 0) is 75.2 Å². The number of nitrogens with zero attached hydrogens (tertiary/aromatic N) is 4. The molecule has 0 fully saturated rings. The molecule has 0 aliphatic carbocycles. The average Bonchev–Trinajstić information content (AvgIpc) is 3.56. The zero-order valence-electron chi connectivity index (χ0n) is 22.9. The fourth-order valence-electron chi connectivity index (χ4n) is 4.98. The number of aliphatic carboxylic acids is 1. The van der Waals surface area contributed by atoms with Gasteiger partial charge in [-0.3, -0.25) is 0 Å². The third-order valence-electron chi connectivity index (χ3n) is 6.71. The lowest BCUT2D eigenvalue weighted by Crippen LogP contribution is -2.28. The van der Waals surface area contributed by atoms with Crippen LogP contribution in [0.3, 0.4) is 0 Å². The van der Waals surface area contributed by atoms with E-state index in [1.807, 2.05) is 93.2 Å². The number of carboxylic acids is 1. The van der Waals surface area contributed by atoms with Gasteiger partial charge in [0.25, 0.3) is 0 Å². The second-order valence-electron chi connectivity index (χ2n) is 10.8. The smallest absolute Gasteiger partial charge is 0.337 e. The molecule has 9 heteroatoms. The van der Waals surface area contributed by atoms with E-state index in [0.29, 0.717) is 16.4 Å². The van der Waals surface area contributed by atoms with Crippen molar-refractivity contribution in [3.63, 3.8) is 0 Å². The minimum atomic E-state index is -1.17. The van der Waals surface area contributed by atoms with Gasteiger partial charge in [-0.15, -0.1) is 11.3 Å². The summed E-state index contributed by atoms with van der Waals surface area (Å²) >= 11 is 7.73. The van der Waals surface area contributed by atoms with Crippen LogP contribution in [0.2, 0.25) is 5.02 Å². The third-order valence-corrected chi connectivity index (χ3v) is 8.10.